The van der Waals surface area contributed by atoms with Crippen molar-refractivity contribution < 1.29 is 9.53 Å². The topological polar surface area (TPSA) is 63.5 Å². The Balaban J connectivity index is 1.34. The van der Waals surface area contributed by atoms with Crippen LogP contribution >= 0.6 is 0 Å². The predicted octanol–water partition coefficient (Wildman–Crippen LogP) is 3.83. The molecule has 1 atom stereocenters. The molecular formula is C27H33N5O2. The molecule has 0 aromatic carbocycles. The molecular weight excluding hydrogens is 426 g/mol. The summed E-state index contributed by atoms with van der Waals surface area (Å²) in [7, 11) is 0. The van der Waals surface area contributed by atoms with E-state index >= 15 is 0 Å². The molecule has 1 aliphatic carbocycles. The van der Waals surface area contributed by atoms with E-state index in [4.69, 9.17) is 4.74 Å². The molecule has 34 heavy (non-hydrogen) atoms. The van der Waals surface area contributed by atoms with Gasteiger partial charge in [-0.2, -0.15) is 0 Å². The van der Waals surface area contributed by atoms with Gasteiger partial charge in [-0.1, -0.05) is 25.3 Å². The van der Waals surface area contributed by atoms with Crippen LogP contribution in [-0.2, 0) is 22.7 Å². The van der Waals surface area contributed by atoms with Gasteiger partial charge in [0, 0.05) is 56.2 Å². The van der Waals surface area contributed by atoms with Crippen molar-refractivity contribution in [2.75, 3.05) is 19.6 Å². The zero-order chi connectivity index (χ0) is 23.2. The molecule has 0 N–H and O–H groups in total. The quantitative estimate of drug-likeness (QED) is 0.537. The van der Waals surface area contributed by atoms with E-state index in [9.17, 15) is 4.79 Å². The molecule has 2 fully saturated rings. The fourth-order valence-electron chi connectivity index (χ4n) is 5.17. The summed E-state index contributed by atoms with van der Waals surface area (Å²) in [4.78, 5) is 26.4. The lowest BCUT2D eigenvalue weighted by Gasteiger charge is -2.35. The normalized spacial score (nSPS) is 20.4. The second-order valence-corrected chi connectivity index (χ2v) is 9.35. The lowest BCUT2D eigenvalue weighted by Crippen LogP contribution is -2.45. The van der Waals surface area contributed by atoms with Crippen molar-refractivity contribution in [3.8, 4) is 5.82 Å². The van der Waals surface area contributed by atoms with Crippen molar-refractivity contribution in [2.45, 2.75) is 57.4 Å². The van der Waals surface area contributed by atoms with Crippen LogP contribution in [0.1, 0.15) is 43.4 Å². The third-order valence-electron chi connectivity index (χ3n) is 6.91. The number of aromatic nitrogens is 3. The van der Waals surface area contributed by atoms with E-state index in [1.54, 1.807) is 18.6 Å². The summed E-state index contributed by atoms with van der Waals surface area (Å²) in [5.74, 6) is 1.11. The van der Waals surface area contributed by atoms with Crippen molar-refractivity contribution in [1.29, 1.82) is 0 Å². The molecule has 1 saturated carbocycles. The third-order valence-corrected chi connectivity index (χ3v) is 6.91. The van der Waals surface area contributed by atoms with E-state index in [2.05, 4.69) is 30.4 Å². The van der Waals surface area contributed by atoms with Crippen LogP contribution < -0.4 is 0 Å². The standard InChI is InChI=1S/C27H33N5O2/c33-27-20-30(17-24-9-6-16-31(24)26-10-4-5-13-29-26)18-25(34-21-22-11-14-28-15-12-22)19-32(27)23-7-2-1-3-8-23/h4-6,9-16,23,25H,1-3,7-8,17-21H2. The van der Waals surface area contributed by atoms with Gasteiger partial charge in [-0.05, 0) is 54.8 Å². The van der Waals surface area contributed by atoms with Gasteiger partial charge in [0.05, 0.1) is 19.3 Å². The Labute approximate surface area is 201 Å². The Bertz CT molecular complexity index is 1050. The van der Waals surface area contributed by atoms with Crippen LogP contribution in [0.15, 0.2) is 67.3 Å². The van der Waals surface area contributed by atoms with Crippen molar-refractivity contribution >= 4 is 5.91 Å². The molecule has 7 heteroatoms. The number of hydrogen-bond donors (Lipinski definition) is 0. The van der Waals surface area contributed by atoms with Gasteiger partial charge in [0.15, 0.2) is 0 Å². The minimum atomic E-state index is -0.0418. The van der Waals surface area contributed by atoms with E-state index in [0.29, 0.717) is 38.8 Å². The summed E-state index contributed by atoms with van der Waals surface area (Å²) in [6.45, 7) is 2.99. The molecule has 0 radical (unpaired) electrons. The van der Waals surface area contributed by atoms with Crippen molar-refractivity contribution in [3.05, 3.63) is 78.5 Å². The van der Waals surface area contributed by atoms with Crippen molar-refractivity contribution in [2.24, 2.45) is 0 Å². The maximum Gasteiger partial charge on any atom is 0.237 e. The van der Waals surface area contributed by atoms with E-state index in [0.717, 1.165) is 29.9 Å². The van der Waals surface area contributed by atoms with Crippen LogP contribution in [0.3, 0.4) is 0 Å². The summed E-state index contributed by atoms with van der Waals surface area (Å²) >= 11 is 0. The van der Waals surface area contributed by atoms with Gasteiger partial charge in [-0.25, -0.2) is 4.98 Å². The van der Waals surface area contributed by atoms with Crippen LogP contribution in [0, 0.1) is 0 Å². The minimum absolute atomic E-state index is 0.0418. The zero-order valence-corrected chi connectivity index (χ0v) is 19.6. The molecule has 0 spiro atoms. The van der Waals surface area contributed by atoms with Crippen molar-refractivity contribution in [3.63, 3.8) is 0 Å². The van der Waals surface area contributed by atoms with E-state index in [1.165, 1.54) is 19.3 Å². The number of rotatable bonds is 7. The molecule has 3 aromatic rings. The fourth-order valence-corrected chi connectivity index (χ4v) is 5.17. The minimum Gasteiger partial charge on any atom is -0.370 e. The maximum atomic E-state index is 13.4. The first-order valence-corrected chi connectivity index (χ1v) is 12.4. The molecule has 178 valence electrons. The molecule has 7 nitrogen and oxygen atoms in total. The number of pyridine rings is 2. The smallest absolute Gasteiger partial charge is 0.237 e. The molecule has 2 aliphatic rings. The highest BCUT2D eigenvalue weighted by molar-refractivity contribution is 5.79. The fraction of sp³-hybridized carbons (Fsp3) is 0.444. The molecule has 1 aliphatic heterocycles. The molecule has 1 saturated heterocycles. The van der Waals surface area contributed by atoms with Crippen LogP contribution in [0.4, 0.5) is 0 Å². The Hall–Kier alpha value is -3.03. The number of nitrogens with zero attached hydrogens (tertiary/aromatic N) is 5. The third kappa shape index (κ3) is 5.54. The van der Waals surface area contributed by atoms with Gasteiger partial charge in [0.2, 0.25) is 5.91 Å². The van der Waals surface area contributed by atoms with E-state index < -0.39 is 0 Å². The zero-order valence-electron chi connectivity index (χ0n) is 19.6. The van der Waals surface area contributed by atoms with Gasteiger partial charge in [-0.3, -0.25) is 14.7 Å². The van der Waals surface area contributed by atoms with Crippen LogP contribution in [0.2, 0.25) is 0 Å². The monoisotopic (exact) mass is 459 g/mol. The van der Waals surface area contributed by atoms with Gasteiger partial charge in [-0.15, -0.1) is 0 Å². The lowest BCUT2D eigenvalue weighted by atomic mass is 9.94. The average molecular weight is 460 g/mol. The Kier molecular flexibility index (Phi) is 7.31. The van der Waals surface area contributed by atoms with Crippen LogP contribution in [0.5, 0.6) is 0 Å². The number of hydrogen-bond acceptors (Lipinski definition) is 5. The number of amides is 1. The summed E-state index contributed by atoms with van der Waals surface area (Å²) in [5.41, 5.74) is 2.22. The average Bonchev–Trinajstić information content (AvgIpc) is 3.28. The first-order chi connectivity index (χ1) is 16.8. The molecule has 0 bridgehead atoms. The first kappa shape index (κ1) is 22.7. The Morgan fingerprint density at radius 2 is 1.79 bits per heavy atom. The molecule has 3 aromatic heterocycles. The van der Waals surface area contributed by atoms with Crippen molar-refractivity contribution in [1.82, 2.24) is 24.3 Å². The summed E-state index contributed by atoms with van der Waals surface area (Å²) in [6, 6.07) is 14.4. The Morgan fingerprint density at radius 1 is 0.941 bits per heavy atom. The summed E-state index contributed by atoms with van der Waals surface area (Å²) in [6.07, 6.45) is 13.3. The number of carbonyl (C=O) groups excluding carboxylic acids is 1. The van der Waals surface area contributed by atoms with Gasteiger partial charge < -0.3 is 14.2 Å². The summed E-state index contributed by atoms with van der Waals surface area (Å²) < 4.78 is 8.50. The van der Waals surface area contributed by atoms with E-state index in [1.807, 2.05) is 42.6 Å². The Morgan fingerprint density at radius 3 is 2.59 bits per heavy atom. The molecule has 4 heterocycles. The molecule has 1 amide bonds. The lowest BCUT2D eigenvalue weighted by molar-refractivity contribution is -0.135. The number of carbonyl (C=O) groups is 1. The van der Waals surface area contributed by atoms with Crippen LogP contribution in [0.25, 0.3) is 5.82 Å². The van der Waals surface area contributed by atoms with Gasteiger partial charge in [0.25, 0.3) is 0 Å². The van der Waals surface area contributed by atoms with Gasteiger partial charge in [0.1, 0.15) is 5.82 Å². The highest BCUT2D eigenvalue weighted by atomic mass is 16.5. The largest absolute Gasteiger partial charge is 0.370 e. The van der Waals surface area contributed by atoms with Gasteiger partial charge >= 0.3 is 0 Å². The predicted molar refractivity (Wildman–Crippen MR) is 130 cm³/mol. The molecule has 5 rings (SSSR count). The number of ether oxygens (including phenoxy) is 1. The maximum absolute atomic E-state index is 13.4. The second kappa shape index (κ2) is 10.9. The SMILES string of the molecule is O=C1CN(Cc2cccn2-c2ccccn2)CC(OCc2ccncc2)CN1C1CCCCC1. The van der Waals surface area contributed by atoms with Crippen LogP contribution in [-0.4, -0.2) is 62.0 Å². The highest BCUT2D eigenvalue weighted by Gasteiger charge is 2.33. The highest BCUT2D eigenvalue weighted by Crippen LogP contribution is 2.25. The molecule has 1 unspecified atom stereocenters. The second-order valence-electron chi connectivity index (χ2n) is 9.35. The van der Waals surface area contributed by atoms with E-state index in [-0.39, 0.29) is 12.0 Å². The first-order valence-electron chi connectivity index (χ1n) is 12.4. The summed E-state index contributed by atoms with van der Waals surface area (Å²) in [5, 5.41) is 0.